The Bertz CT molecular complexity index is 916. The van der Waals surface area contributed by atoms with Crippen LogP contribution in [0.15, 0.2) is 48.5 Å². The summed E-state index contributed by atoms with van der Waals surface area (Å²) in [5.41, 5.74) is 5.52. The van der Waals surface area contributed by atoms with Crippen LogP contribution < -0.4 is 16.2 Å². The number of hydrogen-bond acceptors (Lipinski definition) is 3. The number of carbonyl (C=O) groups excluding carboxylic acids is 3. The van der Waals surface area contributed by atoms with E-state index in [1.54, 1.807) is 36.4 Å². The molecule has 0 fully saturated rings. The summed E-state index contributed by atoms with van der Waals surface area (Å²) < 4.78 is 0. The molecule has 6 nitrogen and oxygen atoms in total. The second-order valence-electron chi connectivity index (χ2n) is 5.56. The number of nitrogens with one attached hydrogen (secondary N) is 3. The van der Waals surface area contributed by atoms with Gasteiger partial charge in [-0.3, -0.25) is 25.2 Å². The van der Waals surface area contributed by atoms with Crippen molar-refractivity contribution in [3.05, 3.63) is 69.2 Å². The van der Waals surface area contributed by atoms with Gasteiger partial charge in [-0.2, -0.15) is 0 Å². The molecule has 3 amide bonds. The van der Waals surface area contributed by atoms with Gasteiger partial charge in [0.05, 0.1) is 10.7 Å². The average Bonchev–Trinajstić information content (AvgIpc) is 2.66. The van der Waals surface area contributed by atoms with Crippen molar-refractivity contribution in [2.24, 2.45) is 0 Å². The third kappa shape index (κ3) is 7.23. The Morgan fingerprint density at radius 1 is 0.857 bits per heavy atom. The number of carbonyl (C=O) groups is 3. The number of amides is 3. The second-order valence-corrected chi connectivity index (χ2v) is 6.82. The molecule has 0 aliphatic rings. The minimum Gasteiger partial charge on any atom is -0.325 e. The molecule has 2 rings (SSSR count). The van der Waals surface area contributed by atoms with Gasteiger partial charge in [-0.1, -0.05) is 53.0 Å². The highest BCUT2D eigenvalue weighted by Gasteiger charge is 2.10. The van der Waals surface area contributed by atoms with Gasteiger partial charge in [0, 0.05) is 29.0 Å². The van der Waals surface area contributed by atoms with Gasteiger partial charge in [0.15, 0.2) is 0 Å². The lowest BCUT2D eigenvalue weighted by atomic mass is 10.2. The van der Waals surface area contributed by atoms with Crippen LogP contribution in [-0.4, -0.2) is 17.7 Å². The zero-order valence-corrected chi connectivity index (χ0v) is 16.7. The van der Waals surface area contributed by atoms with E-state index in [1.165, 1.54) is 18.2 Å². The topological polar surface area (TPSA) is 87.3 Å². The lowest BCUT2D eigenvalue weighted by molar-refractivity contribution is -0.128. The van der Waals surface area contributed by atoms with E-state index in [-0.39, 0.29) is 12.8 Å². The van der Waals surface area contributed by atoms with Gasteiger partial charge in [-0.05, 0) is 35.9 Å². The van der Waals surface area contributed by atoms with Gasteiger partial charge in [-0.25, -0.2) is 0 Å². The Balaban J connectivity index is 1.72. The van der Waals surface area contributed by atoms with Gasteiger partial charge in [0.25, 0.3) is 5.91 Å². The summed E-state index contributed by atoms with van der Waals surface area (Å²) in [4.78, 5) is 35.4. The summed E-state index contributed by atoms with van der Waals surface area (Å²) in [6, 6.07) is 11.6. The molecule has 0 heterocycles. The minimum atomic E-state index is -0.536. The van der Waals surface area contributed by atoms with Crippen molar-refractivity contribution in [2.75, 3.05) is 5.32 Å². The Morgan fingerprint density at radius 3 is 2.29 bits per heavy atom. The maximum atomic E-state index is 11.9. The Morgan fingerprint density at radius 2 is 1.57 bits per heavy atom. The van der Waals surface area contributed by atoms with Crippen LogP contribution in [0, 0.1) is 0 Å². The fraction of sp³-hybridized carbons (Fsp3) is 0.105. The molecule has 0 unspecified atom stereocenters. The first-order valence-electron chi connectivity index (χ1n) is 8.11. The van der Waals surface area contributed by atoms with Crippen LogP contribution in [0.4, 0.5) is 5.69 Å². The molecule has 146 valence electrons. The first kappa shape index (κ1) is 21.8. The second kappa shape index (κ2) is 10.7. The number of hydrazine groups is 1. The molecule has 9 heteroatoms. The van der Waals surface area contributed by atoms with E-state index >= 15 is 0 Å². The van der Waals surface area contributed by atoms with E-state index < -0.39 is 17.7 Å². The molecule has 0 bridgehead atoms. The molecule has 0 atom stereocenters. The summed E-state index contributed by atoms with van der Waals surface area (Å²) in [5.74, 6) is -1.45. The Hall–Kier alpha value is -2.54. The smallest absolute Gasteiger partial charge is 0.262 e. The van der Waals surface area contributed by atoms with Gasteiger partial charge < -0.3 is 5.32 Å². The summed E-state index contributed by atoms with van der Waals surface area (Å²) in [5, 5.41) is 3.82. The van der Waals surface area contributed by atoms with Crippen molar-refractivity contribution in [1.29, 1.82) is 0 Å². The predicted molar refractivity (Wildman–Crippen MR) is 111 cm³/mol. The van der Waals surface area contributed by atoms with Gasteiger partial charge in [0.1, 0.15) is 0 Å². The molecule has 0 aliphatic carbocycles. The maximum absolute atomic E-state index is 11.9. The standard InChI is InChI=1S/C19H16Cl3N3O3/c20-13-6-7-16(15(22)11-13)23-17(26)9-10-19(28)25-24-18(27)8-5-12-3-1-2-4-14(12)21/h1-8,11H,9-10H2,(H,23,26)(H,24,27)(H,25,28)/b8-5+. The molecule has 0 saturated heterocycles. The van der Waals surface area contributed by atoms with Crippen LogP contribution in [0.5, 0.6) is 0 Å². The molecule has 0 radical (unpaired) electrons. The van der Waals surface area contributed by atoms with Crippen LogP contribution in [-0.2, 0) is 14.4 Å². The number of halogens is 3. The molecule has 28 heavy (non-hydrogen) atoms. The highest BCUT2D eigenvalue weighted by molar-refractivity contribution is 6.36. The maximum Gasteiger partial charge on any atom is 0.262 e. The highest BCUT2D eigenvalue weighted by atomic mass is 35.5. The first-order valence-corrected chi connectivity index (χ1v) is 9.25. The fourth-order valence-corrected chi connectivity index (χ4v) is 2.70. The van der Waals surface area contributed by atoms with E-state index in [9.17, 15) is 14.4 Å². The largest absolute Gasteiger partial charge is 0.325 e. The van der Waals surface area contributed by atoms with Crippen LogP contribution in [0.2, 0.25) is 15.1 Å². The highest BCUT2D eigenvalue weighted by Crippen LogP contribution is 2.25. The molecular formula is C19H16Cl3N3O3. The van der Waals surface area contributed by atoms with Crippen molar-refractivity contribution in [1.82, 2.24) is 10.9 Å². The lowest BCUT2D eigenvalue weighted by Gasteiger charge is -2.08. The molecular weight excluding hydrogens is 425 g/mol. The Labute approximate surface area is 176 Å². The Kier molecular flexibility index (Phi) is 8.32. The fourth-order valence-electron chi connectivity index (χ4n) is 2.04. The van der Waals surface area contributed by atoms with Crippen LogP contribution in [0.3, 0.4) is 0 Å². The third-order valence-electron chi connectivity index (χ3n) is 3.43. The van der Waals surface area contributed by atoms with Crippen LogP contribution >= 0.6 is 34.8 Å². The van der Waals surface area contributed by atoms with Crippen molar-refractivity contribution < 1.29 is 14.4 Å². The molecule has 2 aromatic rings. The predicted octanol–water partition coefficient (Wildman–Crippen LogP) is 4.23. The summed E-state index contributed by atoms with van der Waals surface area (Å²) in [7, 11) is 0. The zero-order valence-electron chi connectivity index (χ0n) is 14.5. The van der Waals surface area contributed by atoms with Crippen LogP contribution in [0.25, 0.3) is 6.08 Å². The van der Waals surface area contributed by atoms with Crippen molar-refractivity contribution in [3.8, 4) is 0 Å². The monoisotopic (exact) mass is 439 g/mol. The van der Waals surface area contributed by atoms with E-state index in [1.807, 2.05) is 0 Å². The molecule has 2 aromatic carbocycles. The molecule has 0 aromatic heterocycles. The number of hydrogen-bond donors (Lipinski definition) is 3. The number of anilines is 1. The van der Waals surface area contributed by atoms with Gasteiger partial charge in [0.2, 0.25) is 11.8 Å². The van der Waals surface area contributed by atoms with E-state index in [0.29, 0.717) is 26.3 Å². The first-order chi connectivity index (χ1) is 13.3. The zero-order chi connectivity index (χ0) is 20.5. The van der Waals surface area contributed by atoms with Gasteiger partial charge in [-0.15, -0.1) is 0 Å². The van der Waals surface area contributed by atoms with Crippen molar-refractivity contribution in [2.45, 2.75) is 12.8 Å². The summed E-state index contributed by atoms with van der Waals surface area (Å²) in [6.07, 6.45) is 2.55. The molecule has 0 spiro atoms. The van der Waals surface area contributed by atoms with Crippen LogP contribution in [0.1, 0.15) is 18.4 Å². The number of benzene rings is 2. The average molecular weight is 441 g/mol. The van der Waals surface area contributed by atoms with Crippen molar-refractivity contribution >= 4 is 64.3 Å². The number of rotatable bonds is 6. The molecule has 3 N–H and O–H groups in total. The minimum absolute atomic E-state index is 0.0872. The molecule has 0 aliphatic heterocycles. The summed E-state index contributed by atoms with van der Waals surface area (Å²) >= 11 is 17.7. The quantitative estimate of drug-likeness (QED) is 0.464. The van der Waals surface area contributed by atoms with E-state index in [0.717, 1.165) is 0 Å². The normalized spacial score (nSPS) is 10.5. The lowest BCUT2D eigenvalue weighted by Crippen LogP contribution is -2.41. The third-order valence-corrected chi connectivity index (χ3v) is 4.32. The van der Waals surface area contributed by atoms with Crippen molar-refractivity contribution in [3.63, 3.8) is 0 Å². The van der Waals surface area contributed by atoms with E-state index in [2.05, 4.69) is 16.2 Å². The van der Waals surface area contributed by atoms with E-state index in [4.69, 9.17) is 34.8 Å². The summed E-state index contributed by atoms with van der Waals surface area (Å²) in [6.45, 7) is 0. The molecule has 0 saturated carbocycles. The van der Waals surface area contributed by atoms with Gasteiger partial charge >= 0.3 is 0 Å². The SMILES string of the molecule is O=C(/C=C/c1ccccc1Cl)NNC(=O)CCC(=O)Nc1ccc(Cl)cc1Cl.